The molecule has 0 unspecified atom stereocenters. The van der Waals surface area contributed by atoms with Crippen LogP contribution in [0, 0.1) is 19.8 Å². The number of nitrogens with one attached hydrogen (secondary N) is 2. The molecule has 0 saturated heterocycles. The molecule has 1 aromatic heterocycles. The van der Waals surface area contributed by atoms with Crippen LogP contribution in [0.15, 0.2) is 33.8 Å². The highest BCUT2D eigenvalue weighted by atomic mass is 16.5. The fraction of sp³-hybridized carbons (Fsp3) is 0.524. The third kappa shape index (κ3) is 5.74. The average molecular weight is 370 g/mol. The van der Waals surface area contributed by atoms with E-state index in [1.807, 2.05) is 32.0 Å². The Balaban J connectivity index is 1.56. The first kappa shape index (κ1) is 19.3. The first-order valence-corrected chi connectivity index (χ1v) is 9.82. The predicted molar refractivity (Wildman–Crippen MR) is 107 cm³/mol. The van der Waals surface area contributed by atoms with Crippen LogP contribution in [0.1, 0.15) is 42.3 Å². The zero-order chi connectivity index (χ0) is 19.1. The van der Waals surface area contributed by atoms with Crippen molar-refractivity contribution in [2.45, 2.75) is 46.6 Å². The molecule has 6 nitrogen and oxygen atoms in total. The molecule has 1 aromatic carbocycles. The van der Waals surface area contributed by atoms with E-state index in [1.165, 1.54) is 12.8 Å². The number of benzene rings is 1. The van der Waals surface area contributed by atoms with E-state index in [-0.39, 0.29) is 0 Å². The molecular weight excluding hydrogens is 340 g/mol. The Morgan fingerprint density at radius 2 is 2.07 bits per heavy atom. The number of para-hydroxylation sites is 1. The molecule has 2 aromatic rings. The Bertz CT molecular complexity index is 746. The zero-order valence-corrected chi connectivity index (χ0v) is 16.5. The molecule has 0 radical (unpaired) electrons. The minimum Gasteiger partial charge on any atom is -0.493 e. The number of aryl methyl sites for hydroxylation is 2. The van der Waals surface area contributed by atoms with Crippen LogP contribution in [0.2, 0.25) is 0 Å². The van der Waals surface area contributed by atoms with Gasteiger partial charge < -0.3 is 19.9 Å². The third-order valence-electron chi connectivity index (χ3n) is 4.74. The van der Waals surface area contributed by atoms with E-state index >= 15 is 0 Å². The van der Waals surface area contributed by atoms with Gasteiger partial charge in [0.25, 0.3) is 0 Å². The maximum absolute atomic E-state index is 5.98. The first-order chi connectivity index (χ1) is 13.2. The second kappa shape index (κ2) is 9.44. The summed E-state index contributed by atoms with van der Waals surface area (Å²) < 4.78 is 11.2. The highest BCUT2D eigenvalue weighted by Gasteiger charge is 2.22. The van der Waals surface area contributed by atoms with Crippen molar-refractivity contribution >= 4 is 5.96 Å². The van der Waals surface area contributed by atoms with Crippen molar-refractivity contribution in [3.63, 3.8) is 0 Å². The van der Waals surface area contributed by atoms with Gasteiger partial charge in [-0.25, -0.2) is 4.99 Å². The van der Waals surface area contributed by atoms with Gasteiger partial charge in [-0.3, -0.25) is 0 Å². The molecule has 1 heterocycles. The van der Waals surface area contributed by atoms with Gasteiger partial charge in [0, 0.05) is 24.2 Å². The Hall–Kier alpha value is -2.50. The first-order valence-electron chi connectivity index (χ1n) is 9.82. The van der Waals surface area contributed by atoms with Crippen molar-refractivity contribution in [2.24, 2.45) is 10.9 Å². The number of guanidine groups is 1. The quantitative estimate of drug-likeness (QED) is 0.523. The molecule has 6 heteroatoms. The summed E-state index contributed by atoms with van der Waals surface area (Å²) in [5, 5.41) is 10.7. The number of nitrogens with zero attached hydrogens (tertiary/aromatic N) is 2. The minimum atomic E-state index is 0.585. The molecule has 0 atom stereocenters. The second-order valence-corrected chi connectivity index (χ2v) is 7.04. The number of hydrogen-bond donors (Lipinski definition) is 2. The Kier molecular flexibility index (Phi) is 6.74. The summed E-state index contributed by atoms with van der Waals surface area (Å²) in [7, 11) is 0. The van der Waals surface area contributed by atoms with Gasteiger partial charge in [0.2, 0.25) is 0 Å². The number of ether oxygens (including phenoxy) is 1. The number of rotatable bonds is 9. The lowest BCUT2D eigenvalue weighted by Crippen LogP contribution is -2.38. The molecule has 146 valence electrons. The molecule has 1 fully saturated rings. The number of aromatic nitrogens is 1. The molecule has 0 amide bonds. The molecule has 1 saturated carbocycles. The molecular formula is C21H30N4O2. The zero-order valence-electron chi connectivity index (χ0n) is 16.5. The van der Waals surface area contributed by atoms with Crippen molar-refractivity contribution in [1.82, 2.24) is 15.8 Å². The van der Waals surface area contributed by atoms with E-state index in [1.54, 1.807) is 0 Å². The summed E-state index contributed by atoms with van der Waals surface area (Å²) in [4.78, 5) is 4.73. The van der Waals surface area contributed by atoms with Crippen molar-refractivity contribution in [1.29, 1.82) is 0 Å². The van der Waals surface area contributed by atoms with Gasteiger partial charge >= 0.3 is 0 Å². The summed E-state index contributed by atoms with van der Waals surface area (Å²) >= 11 is 0. The van der Waals surface area contributed by atoms with Crippen LogP contribution in [0.25, 0.3) is 0 Å². The lowest BCUT2D eigenvalue weighted by Gasteiger charge is -2.13. The van der Waals surface area contributed by atoms with Gasteiger partial charge in [-0.1, -0.05) is 23.4 Å². The predicted octanol–water partition coefficient (Wildman–Crippen LogP) is 3.38. The van der Waals surface area contributed by atoms with Gasteiger partial charge in [0.05, 0.1) is 18.8 Å². The van der Waals surface area contributed by atoms with E-state index in [0.29, 0.717) is 6.54 Å². The van der Waals surface area contributed by atoms with Gasteiger partial charge in [0.1, 0.15) is 11.5 Å². The Morgan fingerprint density at radius 3 is 2.78 bits per heavy atom. The Labute approximate surface area is 161 Å². The standard InChI is InChI=1S/C21H30N4O2/c1-4-22-21(23-12-11-19-15(2)25-27-16(19)3)24-13-18-7-5-6-8-20(18)26-14-17-9-10-17/h5-8,17H,4,9-14H2,1-3H3,(H2,22,23,24). The van der Waals surface area contributed by atoms with Gasteiger partial charge in [-0.05, 0) is 52.0 Å². The molecule has 27 heavy (non-hydrogen) atoms. The van der Waals surface area contributed by atoms with E-state index in [4.69, 9.17) is 14.3 Å². The molecule has 3 rings (SSSR count). The SMILES string of the molecule is CCNC(=NCc1ccccc1OCC1CC1)NCCc1c(C)noc1C. The third-order valence-corrected chi connectivity index (χ3v) is 4.74. The minimum absolute atomic E-state index is 0.585. The second-order valence-electron chi connectivity index (χ2n) is 7.04. The van der Waals surface area contributed by atoms with Crippen LogP contribution < -0.4 is 15.4 Å². The van der Waals surface area contributed by atoms with Crippen LogP contribution in [0.4, 0.5) is 0 Å². The maximum Gasteiger partial charge on any atom is 0.191 e. The Morgan fingerprint density at radius 1 is 1.26 bits per heavy atom. The lowest BCUT2D eigenvalue weighted by atomic mass is 10.1. The van der Waals surface area contributed by atoms with Gasteiger partial charge in [-0.2, -0.15) is 0 Å². The largest absolute Gasteiger partial charge is 0.493 e. The lowest BCUT2D eigenvalue weighted by molar-refractivity contribution is 0.297. The van der Waals surface area contributed by atoms with E-state index in [0.717, 1.165) is 66.3 Å². The van der Waals surface area contributed by atoms with Crippen LogP contribution in [0.5, 0.6) is 5.75 Å². The summed E-state index contributed by atoms with van der Waals surface area (Å²) in [6.45, 7) is 8.98. The normalized spacial score (nSPS) is 14.3. The smallest absolute Gasteiger partial charge is 0.191 e. The van der Waals surface area contributed by atoms with E-state index in [2.05, 4.69) is 28.8 Å². The molecule has 1 aliphatic carbocycles. The van der Waals surface area contributed by atoms with Crippen molar-refractivity contribution in [3.8, 4) is 5.75 Å². The van der Waals surface area contributed by atoms with Crippen molar-refractivity contribution in [2.75, 3.05) is 19.7 Å². The molecule has 0 aliphatic heterocycles. The maximum atomic E-state index is 5.98. The van der Waals surface area contributed by atoms with Crippen LogP contribution in [-0.4, -0.2) is 30.8 Å². The molecule has 0 bridgehead atoms. The van der Waals surface area contributed by atoms with Crippen LogP contribution >= 0.6 is 0 Å². The van der Waals surface area contributed by atoms with Crippen molar-refractivity contribution in [3.05, 3.63) is 46.8 Å². The van der Waals surface area contributed by atoms with Crippen LogP contribution in [0.3, 0.4) is 0 Å². The number of aliphatic imine (C=N–C) groups is 1. The van der Waals surface area contributed by atoms with E-state index < -0.39 is 0 Å². The summed E-state index contributed by atoms with van der Waals surface area (Å²) in [6.07, 6.45) is 3.44. The fourth-order valence-corrected chi connectivity index (χ4v) is 2.94. The summed E-state index contributed by atoms with van der Waals surface area (Å²) in [5.74, 6) is 3.38. The summed E-state index contributed by atoms with van der Waals surface area (Å²) in [5.41, 5.74) is 3.23. The number of hydrogen-bond acceptors (Lipinski definition) is 4. The highest BCUT2D eigenvalue weighted by molar-refractivity contribution is 5.79. The average Bonchev–Trinajstić information content (AvgIpc) is 3.45. The monoisotopic (exact) mass is 370 g/mol. The topological polar surface area (TPSA) is 71.7 Å². The van der Waals surface area contributed by atoms with Crippen molar-refractivity contribution < 1.29 is 9.26 Å². The molecule has 2 N–H and O–H groups in total. The van der Waals surface area contributed by atoms with Crippen LogP contribution in [-0.2, 0) is 13.0 Å². The fourth-order valence-electron chi connectivity index (χ4n) is 2.94. The molecule has 1 aliphatic rings. The van der Waals surface area contributed by atoms with E-state index in [9.17, 15) is 0 Å². The molecule has 0 spiro atoms. The van der Waals surface area contributed by atoms with Gasteiger partial charge in [0.15, 0.2) is 5.96 Å². The summed E-state index contributed by atoms with van der Waals surface area (Å²) in [6, 6.07) is 8.17. The van der Waals surface area contributed by atoms with Gasteiger partial charge in [-0.15, -0.1) is 0 Å². The highest BCUT2D eigenvalue weighted by Crippen LogP contribution is 2.30.